The highest BCUT2D eigenvalue weighted by atomic mass is 16.5. The van der Waals surface area contributed by atoms with E-state index in [2.05, 4.69) is 39.8 Å². The van der Waals surface area contributed by atoms with Crippen LogP contribution in [0.25, 0.3) is 5.69 Å². The molecule has 0 aliphatic carbocycles. The highest BCUT2D eigenvalue weighted by Gasteiger charge is 2.07. The Hall–Kier alpha value is -3.28. The third-order valence-electron chi connectivity index (χ3n) is 4.88. The second-order valence-electron chi connectivity index (χ2n) is 6.90. The highest BCUT2D eigenvalue weighted by molar-refractivity contribution is 5.79. The van der Waals surface area contributed by atoms with Crippen molar-refractivity contribution < 1.29 is 4.74 Å². The number of rotatable bonds is 8. The van der Waals surface area contributed by atoms with Crippen molar-refractivity contribution in [1.82, 2.24) is 20.4 Å². The third-order valence-corrected chi connectivity index (χ3v) is 4.88. The van der Waals surface area contributed by atoms with Gasteiger partial charge < -0.3 is 15.4 Å². The summed E-state index contributed by atoms with van der Waals surface area (Å²) >= 11 is 0. The Morgan fingerprint density at radius 1 is 1.07 bits per heavy atom. The summed E-state index contributed by atoms with van der Waals surface area (Å²) in [6.45, 7) is 3.69. The minimum atomic E-state index is 0.452. The zero-order chi connectivity index (χ0) is 20.5. The number of nitrogens with one attached hydrogen (secondary N) is 2. The molecule has 1 aromatic heterocycles. The molecule has 3 rings (SSSR count). The molecule has 0 radical (unpaired) electrons. The number of hydrogen-bond donors (Lipinski definition) is 2. The Morgan fingerprint density at radius 3 is 2.52 bits per heavy atom. The summed E-state index contributed by atoms with van der Waals surface area (Å²) < 4.78 is 7.10. The summed E-state index contributed by atoms with van der Waals surface area (Å²) in [6, 6.07) is 20.4. The van der Waals surface area contributed by atoms with Crippen molar-refractivity contribution in [2.45, 2.75) is 25.8 Å². The summed E-state index contributed by atoms with van der Waals surface area (Å²) in [7, 11) is 3.47. The van der Waals surface area contributed by atoms with E-state index in [-0.39, 0.29) is 0 Å². The minimum Gasteiger partial charge on any atom is -0.497 e. The fourth-order valence-electron chi connectivity index (χ4n) is 3.08. The van der Waals surface area contributed by atoms with Gasteiger partial charge in [0.25, 0.3) is 0 Å². The molecular formula is C23H29N5O. The van der Waals surface area contributed by atoms with Crippen molar-refractivity contribution in [1.29, 1.82) is 0 Å². The first-order valence-electron chi connectivity index (χ1n) is 9.88. The van der Waals surface area contributed by atoms with E-state index >= 15 is 0 Å². The van der Waals surface area contributed by atoms with Gasteiger partial charge in [-0.2, -0.15) is 5.10 Å². The molecule has 29 heavy (non-hydrogen) atoms. The summed E-state index contributed by atoms with van der Waals surface area (Å²) in [5.41, 5.74) is 3.32. The van der Waals surface area contributed by atoms with Gasteiger partial charge >= 0.3 is 0 Å². The van der Waals surface area contributed by atoms with Crippen LogP contribution in [-0.4, -0.2) is 36.4 Å². The number of nitrogens with zero attached hydrogens (tertiary/aromatic N) is 3. The molecule has 6 nitrogen and oxygen atoms in total. The van der Waals surface area contributed by atoms with Crippen molar-refractivity contribution in [3.8, 4) is 11.4 Å². The molecule has 1 unspecified atom stereocenters. The first kappa shape index (κ1) is 20.5. The van der Waals surface area contributed by atoms with Crippen LogP contribution in [0.15, 0.2) is 71.9 Å². The number of aliphatic imine (C=N–C) groups is 1. The van der Waals surface area contributed by atoms with Crippen molar-refractivity contribution >= 4 is 5.96 Å². The van der Waals surface area contributed by atoms with E-state index in [0.29, 0.717) is 12.5 Å². The Morgan fingerprint density at radius 2 is 1.83 bits per heavy atom. The molecule has 0 saturated heterocycles. The molecule has 3 aromatic rings. The number of para-hydroxylation sites is 1. The normalized spacial score (nSPS) is 12.4. The first-order valence-corrected chi connectivity index (χ1v) is 9.88. The van der Waals surface area contributed by atoms with Crippen LogP contribution in [0.1, 0.15) is 30.5 Å². The molecule has 0 aliphatic heterocycles. The average molecular weight is 392 g/mol. The maximum absolute atomic E-state index is 5.22. The standard InChI is InChI=1S/C23H29N5O/c1-18(19-9-11-22(29-3)12-10-19)13-15-25-23(24-2)26-17-20-14-16-28(27-20)21-7-5-4-6-8-21/h4-12,14,16,18H,13,15,17H2,1-3H3,(H2,24,25,26). The average Bonchev–Trinajstić information content (AvgIpc) is 3.25. The zero-order valence-electron chi connectivity index (χ0n) is 17.3. The topological polar surface area (TPSA) is 63.5 Å². The monoisotopic (exact) mass is 391 g/mol. The Balaban J connectivity index is 1.44. The summed E-state index contributed by atoms with van der Waals surface area (Å²) in [5, 5.41) is 11.3. The Labute approximate surface area is 172 Å². The Bertz CT molecular complexity index is 903. The molecule has 1 atom stereocenters. The Kier molecular flexibility index (Phi) is 7.28. The number of methoxy groups -OCH3 is 1. The van der Waals surface area contributed by atoms with Crippen LogP contribution < -0.4 is 15.4 Å². The number of ether oxygens (including phenoxy) is 1. The predicted molar refractivity (Wildman–Crippen MR) is 118 cm³/mol. The second kappa shape index (κ2) is 10.3. The number of hydrogen-bond acceptors (Lipinski definition) is 3. The van der Waals surface area contributed by atoms with Crippen LogP contribution in [0.2, 0.25) is 0 Å². The molecule has 0 amide bonds. The molecule has 1 heterocycles. The van der Waals surface area contributed by atoms with E-state index in [4.69, 9.17) is 4.74 Å². The zero-order valence-corrected chi connectivity index (χ0v) is 17.3. The quantitative estimate of drug-likeness (QED) is 0.454. The molecular weight excluding hydrogens is 362 g/mol. The maximum Gasteiger partial charge on any atom is 0.191 e. The van der Waals surface area contributed by atoms with Crippen molar-refractivity contribution in [2.24, 2.45) is 4.99 Å². The van der Waals surface area contributed by atoms with Gasteiger partial charge in [-0.15, -0.1) is 0 Å². The van der Waals surface area contributed by atoms with Gasteiger partial charge in [0.2, 0.25) is 0 Å². The number of benzene rings is 2. The van der Waals surface area contributed by atoms with E-state index in [9.17, 15) is 0 Å². The van der Waals surface area contributed by atoms with Gasteiger partial charge in [-0.05, 0) is 48.2 Å². The van der Waals surface area contributed by atoms with Gasteiger partial charge in [0.05, 0.1) is 25.0 Å². The van der Waals surface area contributed by atoms with Crippen LogP contribution in [0.5, 0.6) is 5.75 Å². The summed E-state index contributed by atoms with van der Waals surface area (Å²) in [6.07, 6.45) is 2.98. The number of guanidine groups is 1. The fraction of sp³-hybridized carbons (Fsp3) is 0.304. The lowest BCUT2D eigenvalue weighted by molar-refractivity contribution is 0.414. The van der Waals surface area contributed by atoms with Crippen LogP contribution in [0, 0.1) is 0 Å². The van der Waals surface area contributed by atoms with E-state index in [1.54, 1.807) is 14.2 Å². The lowest BCUT2D eigenvalue weighted by Gasteiger charge is -2.15. The van der Waals surface area contributed by atoms with Crippen molar-refractivity contribution in [2.75, 3.05) is 20.7 Å². The van der Waals surface area contributed by atoms with E-state index in [1.807, 2.05) is 59.4 Å². The van der Waals surface area contributed by atoms with E-state index < -0.39 is 0 Å². The molecule has 152 valence electrons. The van der Waals surface area contributed by atoms with Gasteiger partial charge in [0.1, 0.15) is 5.75 Å². The van der Waals surface area contributed by atoms with Crippen LogP contribution >= 0.6 is 0 Å². The van der Waals surface area contributed by atoms with Gasteiger partial charge in [0.15, 0.2) is 5.96 Å². The van der Waals surface area contributed by atoms with Crippen LogP contribution in [0.4, 0.5) is 0 Å². The summed E-state index contributed by atoms with van der Waals surface area (Å²) in [4.78, 5) is 4.30. The van der Waals surface area contributed by atoms with E-state index in [0.717, 1.165) is 36.1 Å². The van der Waals surface area contributed by atoms with Gasteiger partial charge in [0, 0.05) is 19.8 Å². The highest BCUT2D eigenvalue weighted by Crippen LogP contribution is 2.21. The lowest BCUT2D eigenvalue weighted by Crippen LogP contribution is -2.37. The molecule has 0 fully saturated rings. The minimum absolute atomic E-state index is 0.452. The maximum atomic E-state index is 5.22. The molecule has 0 spiro atoms. The third kappa shape index (κ3) is 5.85. The molecule has 0 saturated carbocycles. The first-order chi connectivity index (χ1) is 14.2. The predicted octanol–water partition coefficient (Wildman–Crippen LogP) is 3.74. The molecule has 0 bridgehead atoms. The van der Waals surface area contributed by atoms with Crippen LogP contribution in [-0.2, 0) is 6.54 Å². The van der Waals surface area contributed by atoms with Gasteiger partial charge in [-0.25, -0.2) is 4.68 Å². The van der Waals surface area contributed by atoms with E-state index in [1.165, 1.54) is 5.56 Å². The van der Waals surface area contributed by atoms with Crippen molar-refractivity contribution in [3.05, 3.63) is 78.1 Å². The molecule has 6 heteroatoms. The summed E-state index contributed by atoms with van der Waals surface area (Å²) in [5.74, 6) is 2.12. The SMILES string of the molecule is CN=C(NCCC(C)c1ccc(OC)cc1)NCc1ccn(-c2ccccc2)n1. The molecule has 0 aliphatic rings. The van der Waals surface area contributed by atoms with Crippen molar-refractivity contribution in [3.63, 3.8) is 0 Å². The van der Waals surface area contributed by atoms with Gasteiger partial charge in [-0.3, -0.25) is 4.99 Å². The number of aromatic nitrogens is 2. The lowest BCUT2D eigenvalue weighted by atomic mass is 9.98. The van der Waals surface area contributed by atoms with Crippen LogP contribution in [0.3, 0.4) is 0 Å². The molecule has 2 aromatic carbocycles. The van der Waals surface area contributed by atoms with Gasteiger partial charge in [-0.1, -0.05) is 37.3 Å². The smallest absolute Gasteiger partial charge is 0.191 e. The molecule has 2 N–H and O–H groups in total. The second-order valence-corrected chi connectivity index (χ2v) is 6.90. The fourth-order valence-corrected chi connectivity index (χ4v) is 3.08. The largest absolute Gasteiger partial charge is 0.497 e.